The molecule has 5 rings (SSSR count). The summed E-state index contributed by atoms with van der Waals surface area (Å²) in [6, 6.07) is 1.98. The molecule has 4 heterocycles. The highest BCUT2D eigenvalue weighted by Gasteiger charge is 2.55. The average molecular weight is 467 g/mol. The van der Waals surface area contributed by atoms with Gasteiger partial charge >= 0.3 is 12.5 Å². The predicted octanol–water partition coefficient (Wildman–Crippen LogP) is 3.54. The molecule has 2 amide bonds. The van der Waals surface area contributed by atoms with E-state index in [0.717, 1.165) is 23.2 Å². The third kappa shape index (κ3) is 3.95. The van der Waals surface area contributed by atoms with Crippen LogP contribution >= 0.6 is 11.3 Å². The van der Waals surface area contributed by atoms with E-state index in [1.54, 1.807) is 21.8 Å². The first-order chi connectivity index (χ1) is 15.2. The van der Waals surface area contributed by atoms with Crippen LogP contribution in [0.15, 0.2) is 36.1 Å². The van der Waals surface area contributed by atoms with Gasteiger partial charge in [-0.25, -0.2) is 14.3 Å². The quantitative estimate of drug-likeness (QED) is 0.630. The molecule has 3 aromatic rings. The van der Waals surface area contributed by atoms with Crippen molar-refractivity contribution in [2.75, 3.05) is 18.4 Å². The number of likely N-dealkylation sites (tertiary alicyclic amines) is 1. The van der Waals surface area contributed by atoms with E-state index in [1.165, 1.54) is 11.3 Å². The number of halogens is 3. The van der Waals surface area contributed by atoms with Crippen molar-refractivity contribution in [2.24, 2.45) is 5.41 Å². The maximum Gasteiger partial charge on any atom is 0.573 e. The topological polar surface area (TPSA) is 98.1 Å². The molecule has 13 heteroatoms. The summed E-state index contributed by atoms with van der Waals surface area (Å²) in [5.41, 5.74) is 0.506. The Morgan fingerprint density at radius 3 is 2.81 bits per heavy atom. The first-order valence-corrected chi connectivity index (χ1v) is 10.5. The van der Waals surface area contributed by atoms with Crippen molar-refractivity contribution in [3.05, 3.63) is 41.7 Å². The zero-order valence-electron chi connectivity index (χ0n) is 16.3. The van der Waals surface area contributed by atoms with Crippen LogP contribution in [0.2, 0.25) is 0 Å². The third-order valence-corrected chi connectivity index (χ3v) is 6.38. The number of amides is 2. The Bertz CT molecular complexity index is 1180. The summed E-state index contributed by atoms with van der Waals surface area (Å²) >= 11 is 1.45. The van der Waals surface area contributed by atoms with Crippen molar-refractivity contribution in [2.45, 2.75) is 25.3 Å². The number of fused-ring (bicyclic) bond motifs is 1. The van der Waals surface area contributed by atoms with Crippen LogP contribution in [0.25, 0.3) is 4.83 Å². The van der Waals surface area contributed by atoms with Crippen LogP contribution in [-0.2, 0) is 4.74 Å². The largest absolute Gasteiger partial charge is 0.573 e. The van der Waals surface area contributed by atoms with Crippen LogP contribution in [0.5, 0.6) is 5.75 Å². The highest BCUT2D eigenvalue weighted by atomic mass is 32.1. The number of ether oxygens (including phenoxy) is 2. The molecule has 1 saturated heterocycles. The second-order valence-electron chi connectivity index (χ2n) is 7.86. The number of thiazole rings is 1. The Balaban J connectivity index is 1.09. The SMILES string of the molecule is O=C(Nc1cc(OC(F)(F)F)ccn1)OC1CC2(C1)CN(C(=O)c1cnn3ccsc13)C2. The van der Waals surface area contributed by atoms with Gasteiger partial charge in [0.05, 0.1) is 11.8 Å². The number of carbonyl (C=O) groups excluding carboxylic acids is 2. The molecule has 1 spiro atoms. The van der Waals surface area contributed by atoms with E-state index in [1.807, 2.05) is 5.38 Å². The van der Waals surface area contributed by atoms with E-state index >= 15 is 0 Å². The minimum absolute atomic E-state index is 0.0674. The van der Waals surface area contributed by atoms with Crippen molar-refractivity contribution >= 4 is 34.0 Å². The molecule has 0 bridgehead atoms. The van der Waals surface area contributed by atoms with Gasteiger partial charge in [-0.15, -0.1) is 24.5 Å². The van der Waals surface area contributed by atoms with Crippen LogP contribution in [0.1, 0.15) is 23.2 Å². The average Bonchev–Trinajstić information content (AvgIpc) is 3.24. The van der Waals surface area contributed by atoms with Crippen molar-refractivity contribution in [1.29, 1.82) is 0 Å². The van der Waals surface area contributed by atoms with Crippen LogP contribution < -0.4 is 10.1 Å². The molecule has 2 fully saturated rings. The molecular weight excluding hydrogens is 451 g/mol. The third-order valence-electron chi connectivity index (χ3n) is 5.49. The maximum absolute atomic E-state index is 12.7. The fraction of sp³-hybridized carbons (Fsp3) is 0.368. The van der Waals surface area contributed by atoms with E-state index in [2.05, 4.69) is 20.1 Å². The zero-order chi connectivity index (χ0) is 22.5. The molecule has 0 aromatic carbocycles. The number of nitrogens with one attached hydrogen (secondary N) is 1. The van der Waals surface area contributed by atoms with Gasteiger partial charge in [0.15, 0.2) is 0 Å². The summed E-state index contributed by atoms with van der Waals surface area (Å²) in [5, 5.41) is 8.32. The highest BCUT2D eigenvalue weighted by molar-refractivity contribution is 7.15. The zero-order valence-corrected chi connectivity index (χ0v) is 17.2. The number of rotatable bonds is 4. The van der Waals surface area contributed by atoms with Crippen molar-refractivity contribution in [3.63, 3.8) is 0 Å². The van der Waals surface area contributed by atoms with E-state index in [9.17, 15) is 22.8 Å². The van der Waals surface area contributed by atoms with Gasteiger partial charge in [0.2, 0.25) is 0 Å². The number of pyridine rings is 1. The summed E-state index contributed by atoms with van der Waals surface area (Å²) in [5.74, 6) is -0.683. The van der Waals surface area contributed by atoms with Gasteiger partial charge in [-0.05, 0) is 18.9 Å². The van der Waals surface area contributed by atoms with Crippen molar-refractivity contribution < 1.29 is 32.2 Å². The molecule has 168 valence electrons. The molecule has 2 aliphatic rings. The molecule has 0 radical (unpaired) electrons. The second-order valence-corrected chi connectivity index (χ2v) is 8.75. The lowest BCUT2D eigenvalue weighted by molar-refractivity contribution is -0.274. The highest BCUT2D eigenvalue weighted by Crippen LogP contribution is 2.50. The molecule has 32 heavy (non-hydrogen) atoms. The van der Waals surface area contributed by atoms with Crippen LogP contribution in [0.3, 0.4) is 0 Å². The van der Waals surface area contributed by atoms with Gasteiger partial charge < -0.3 is 14.4 Å². The second kappa shape index (κ2) is 7.36. The van der Waals surface area contributed by atoms with E-state index < -0.39 is 18.2 Å². The summed E-state index contributed by atoms with van der Waals surface area (Å²) in [6.45, 7) is 1.16. The normalized spacial score (nSPS) is 17.7. The predicted molar refractivity (Wildman–Crippen MR) is 105 cm³/mol. The molecule has 1 N–H and O–H groups in total. The molecule has 1 aliphatic carbocycles. The Morgan fingerprint density at radius 1 is 1.28 bits per heavy atom. The monoisotopic (exact) mass is 467 g/mol. The number of hydrogen-bond donors (Lipinski definition) is 1. The van der Waals surface area contributed by atoms with Crippen LogP contribution in [0, 0.1) is 5.41 Å². The Kier molecular flexibility index (Phi) is 4.73. The smallest absolute Gasteiger partial charge is 0.446 e. The minimum atomic E-state index is -4.84. The number of alkyl halides is 3. The maximum atomic E-state index is 12.7. The Labute approximate surface area is 182 Å². The molecule has 1 aliphatic heterocycles. The number of aromatic nitrogens is 3. The van der Waals surface area contributed by atoms with Gasteiger partial charge in [0.1, 0.15) is 22.5 Å². The first kappa shape index (κ1) is 20.5. The summed E-state index contributed by atoms with van der Waals surface area (Å²) in [6.07, 6.45) is -0.322. The van der Waals surface area contributed by atoms with Gasteiger partial charge in [-0.1, -0.05) is 0 Å². The number of anilines is 1. The lowest BCUT2D eigenvalue weighted by atomic mass is 9.61. The molecule has 3 aromatic heterocycles. The number of hydrogen-bond acceptors (Lipinski definition) is 7. The van der Waals surface area contributed by atoms with E-state index in [0.29, 0.717) is 31.5 Å². The van der Waals surface area contributed by atoms with Gasteiger partial charge in [0, 0.05) is 42.3 Å². The van der Waals surface area contributed by atoms with E-state index in [4.69, 9.17) is 4.74 Å². The fourth-order valence-corrected chi connectivity index (χ4v) is 4.95. The Morgan fingerprint density at radius 2 is 2.06 bits per heavy atom. The molecule has 0 atom stereocenters. The van der Waals surface area contributed by atoms with Gasteiger partial charge in [-0.3, -0.25) is 10.1 Å². The van der Waals surface area contributed by atoms with Gasteiger partial charge in [0.25, 0.3) is 5.91 Å². The minimum Gasteiger partial charge on any atom is -0.446 e. The molecule has 9 nitrogen and oxygen atoms in total. The standard InChI is InChI=1S/C19H16F3N5O4S/c20-19(21,22)31-11-1-2-23-14(5-11)25-17(29)30-12-6-18(7-12)9-26(10-18)15(28)13-8-24-27-3-4-32-16(13)27/h1-5,8,12H,6-7,9-10H2,(H,23,25,29). The van der Waals surface area contributed by atoms with Gasteiger partial charge in [-0.2, -0.15) is 5.10 Å². The number of carbonyl (C=O) groups is 2. The first-order valence-electron chi connectivity index (χ1n) is 9.59. The summed E-state index contributed by atoms with van der Waals surface area (Å²) in [7, 11) is 0. The van der Waals surface area contributed by atoms with Crippen LogP contribution in [0.4, 0.5) is 23.8 Å². The Hall–Kier alpha value is -3.35. The van der Waals surface area contributed by atoms with E-state index in [-0.39, 0.29) is 23.2 Å². The molecular formula is C19H16F3N5O4S. The molecule has 1 saturated carbocycles. The molecule has 0 unspecified atom stereocenters. The lowest BCUT2D eigenvalue weighted by Gasteiger charge is -2.58. The van der Waals surface area contributed by atoms with Crippen molar-refractivity contribution in [1.82, 2.24) is 19.5 Å². The number of nitrogens with zero attached hydrogens (tertiary/aromatic N) is 4. The van der Waals surface area contributed by atoms with Crippen molar-refractivity contribution in [3.8, 4) is 5.75 Å². The summed E-state index contributed by atoms with van der Waals surface area (Å²) < 4.78 is 47.7. The van der Waals surface area contributed by atoms with Crippen LogP contribution in [-0.4, -0.2) is 57.1 Å². The summed E-state index contributed by atoms with van der Waals surface area (Å²) in [4.78, 5) is 31.1. The lowest BCUT2D eigenvalue weighted by Crippen LogP contribution is -2.65. The fourth-order valence-electron chi connectivity index (χ4n) is 4.16.